The average molecular weight is 274 g/mol. The summed E-state index contributed by atoms with van der Waals surface area (Å²) in [6.07, 6.45) is 0. The average Bonchev–Trinajstić information content (AvgIpc) is 2.45. The molecule has 1 N–H and O–H groups in total. The van der Waals surface area contributed by atoms with Crippen molar-refractivity contribution < 1.29 is 14.6 Å². The van der Waals surface area contributed by atoms with Crippen LogP contribution in [0.25, 0.3) is 0 Å². The number of aromatic carboxylic acids is 1. The first-order valence-electron chi connectivity index (χ1n) is 5.90. The molecule has 0 heterocycles. The number of rotatable bonds is 6. The second kappa shape index (κ2) is 6.85. The van der Waals surface area contributed by atoms with Crippen molar-refractivity contribution in [2.75, 3.05) is 12.4 Å². The van der Waals surface area contributed by atoms with E-state index < -0.39 is 5.97 Å². The number of benzene rings is 2. The van der Waals surface area contributed by atoms with E-state index in [1.54, 1.807) is 36.0 Å². The van der Waals surface area contributed by atoms with Gasteiger partial charge in [0.05, 0.1) is 6.61 Å². The zero-order valence-corrected chi connectivity index (χ0v) is 11.1. The maximum Gasteiger partial charge on any atom is 0.339 e. The van der Waals surface area contributed by atoms with Crippen molar-refractivity contribution >= 4 is 17.7 Å². The molecule has 0 unspecified atom stereocenters. The summed E-state index contributed by atoms with van der Waals surface area (Å²) < 4.78 is 5.52. The number of thioether (sulfide) groups is 1. The van der Waals surface area contributed by atoms with Gasteiger partial charge in [0, 0.05) is 10.6 Å². The van der Waals surface area contributed by atoms with Gasteiger partial charge >= 0.3 is 5.97 Å². The zero-order chi connectivity index (χ0) is 13.5. The molecule has 0 bridgehead atoms. The first kappa shape index (κ1) is 13.5. The van der Waals surface area contributed by atoms with E-state index in [1.807, 2.05) is 30.3 Å². The lowest BCUT2D eigenvalue weighted by Crippen LogP contribution is -2.05. The van der Waals surface area contributed by atoms with Crippen molar-refractivity contribution in [3.05, 3.63) is 60.2 Å². The fourth-order valence-electron chi connectivity index (χ4n) is 1.60. The van der Waals surface area contributed by atoms with E-state index in [-0.39, 0.29) is 5.56 Å². The number of para-hydroxylation sites is 1. The summed E-state index contributed by atoms with van der Waals surface area (Å²) in [6, 6.07) is 16.7. The number of carboxylic acids is 1. The van der Waals surface area contributed by atoms with Crippen LogP contribution in [0.15, 0.2) is 59.5 Å². The Hall–Kier alpha value is -1.94. The van der Waals surface area contributed by atoms with Crippen molar-refractivity contribution in [3.63, 3.8) is 0 Å². The Morgan fingerprint density at radius 2 is 1.74 bits per heavy atom. The third-order valence-corrected chi connectivity index (χ3v) is 3.45. The van der Waals surface area contributed by atoms with Crippen LogP contribution < -0.4 is 4.74 Å². The van der Waals surface area contributed by atoms with Crippen LogP contribution in [-0.4, -0.2) is 23.4 Å². The molecule has 0 aromatic heterocycles. The zero-order valence-electron chi connectivity index (χ0n) is 10.3. The van der Waals surface area contributed by atoms with E-state index in [4.69, 9.17) is 9.84 Å². The van der Waals surface area contributed by atoms with E-state index in [0.717, 1.165) is 5.75 Å². The minimum Gasteiger partial charge on any atom is -0.492 e. The molecule has 0 amide bonds. The number of ether oxygens (including phenoxy) is 1. The highest BCUT2D eigenvalue weighted by Crippen LogP contribution is 2.20. The molecule has 0 fully saturated rings. The van der Waals surface area contributed by atoms with Gasteiger partial charge in [0.25, 0.3) is 0 Å². The van der Waals surface area contributed by atoms with Gasteiger partial charge in [0.2, 0.25) is 0 Å². The maximum absolute atomic E-state index is 11.0. The molecule has 0 aliphatic carbocycles. The molecule has 2 rings (SSSR count). The monoisotopic (exact) mass is 274 g/mol. The van der Waals surface area contributed by atoms with Gasteiger partial charge < -0.3 is 9.84 Å². The van der Waals surface area contributed by atoms with Gasteiger partial charge in [-0.2, -0.15) is 0 Å². The molecule has 0 aliphatic rings. The topological polar surface area (TPSA) is 46.5 Å². The van der Waals surface area contributed by atoms with Crippen LogP contribution in [0.4, 0.5) is 0 Å². The molecule has 19 heavy (non-hydrogen) atoms. The predicted octanol–water partition coefficient (Wildman–Crippen LogP) is 3.56. The highest BCUT2D eigenvalue weighted by Gasteiger charge is 2.09. The molecule has 0 spiro atoms. The van der Waals surface area contributed by atoms with Crippen LogP contribution in [0.5, 0.6) is 5.75 Å². The summed E-state index contributed by atoms with van der Waals surface area (Å²) in [6.45, 7) is 0.476. The number of carbonyl (C=O) groups is 1. The fourth-order valence-corrected chi connectivity index (χ4v) is 2.35. The Morgan fingerprint density at radius 3 is 2.47 bits per heavy atom. The quantitative estimate of drug-likeness (QED) is 0.646. The predicted molar refractivity (Wildman–Crippen MR) is 76.1 cm³/mol. The van der Waals surface area contributed by atoms with Crippen molar-refractivity contribution in [2.45, 2.75) is 4.90 Å². The molecule has 0 radical (unpaired) electrons. The van der Waals surface area contributed by atoms with E-state index in [9.17, 15) is 4.79 Å². The van der Waals surface area contributed by atoms with E-state index >= 15 is 0 Å². The fraction of sp³-hybridized carbons (Fsp3) is 0.133. The Morgan fingerprint density at radius 1 is 1.05 bits per heavy atom. The number of hydrogen-bond acceptors (Lipinski definition) is 3. The molecule has 0 saturated heterocycles. The smallest absolute Gasteiger partial charge is 0.339 e. The van der Waals surface area contributed by atoms with E-state index in [0.29, 0.717) is 12.4 Å². The molecule has 3 nitrogen and oxygen atoms in total. The van der Waals surface area contributed by atoms with E-state index in [1.165, 1.54) is 4.90 Å². The summed E-state index contributed by atoms with van der Waals surface area (Å²) in [4.78, 5) is 12.2. The number of hydrogen-bond donors (Lipinski definition) is 1. The molecule has 0 saturated carbocycles. The lowest BCUT2D eigenvalue weighted by Gasteiger charge is -2.08. The first-order chi connectivity index (χ1) is 9.27. The van der Waals surface area contributed by atoms with Crippen molar-refractivity contribution in [1.29, 1.82) is 0 Å². The third-order valence-electron chi connectivity index (χ3n) is 2.47. The molecule has 0 atom stereocenters. The molecule has 2 aromatic carbocycles. The van der Waals surface area contributed by atoms with E-state index in [2.05, 4.69) is 0 Å². The largest absolute Gasteiger partial charge is 0.492 e. The highest BCUT2D eigenvalue weighted by molar-refractivity contribution is 7.99. The number of carboxylic acid groups (broad SMARTS) is 1. The molecule has 4 heteroatoms. The second-order valence-corrected chi connectivity index (χ2v) is 4.98. The van der Waals surface area contributed by atoms with Gasteiger partial charge in [-0.05, 0) is 24.3 Å². The molecule has 98 valence electrons. The SMILES string of the molecule is O=C(O)c1ccccc1OCCSc1ccccc1. The summed E-state index contributed by atoms with van der Waals surface area (Å²) in [5.41, 5.74) is 0.201. The lowest BCUT2D eigenvalue weighted by molar-refractivity contribution is 0.0692. The van der Waals surface area contributed by atoms with Gasteiger partial charge in [-0.25, -0.2) is 4.79 Å². The highest BCUT2D eigenvalue weighted by atomic mass is 32.2. The molecule has 2 aromatic rings. The summed E-state index contributed by atoms with van der Waals surface area (Å²) in [5, 5.41) is 9.01. The maximum atomic E-state index is 11.0. The van der Waals surface area contributed by atoms with Crippen molar-refractivity contribution in [1.82, 2.24) is 0 Å². The van der Waals surface area contributed by atoms with Crippen LogP contribution in [0.2, 0.25) is 0 Å². The van der Waals surface area contributed by atoms with Gasteiger partial charge in [0.1, 0.15) is 11.3 Å². The normalized spacial score (nSPS) is 10.1. The summed E-state index contributed by atoms with van der Waals surface area (Å²) >= 11 is 1.68. The Labute approximate surface area is 116 Å². The first-order valence-corrected chi connectivity index (χ1v) is 6.89. The lowest BCUT2D eigenvalue weighted by atomic mass is 10.2. The van der Waals surface area contributed by atoms with Gasteiger partial charge in [0.15, 0.2) is 0 Å². The van der Waals surface area contributed by atoms with Gasteiger partial charge in [-0.3, -0.25) is 0 Å². The van der Waals surface area contributed by atoms with Crippen LogP contribution in [0, 0.1) is 0 Å². The molecular formula is C15H14O3S. The Balaban J connectivity index is 1.85. The second-order valence-electron chi connectivity index (χ2n) is 3.81. The summed E-state index contributed by atoms with van der Waals surface area (Å²) in [5.74, 6) is 0.229. The van der Waals surface area contributed by atoms with Crippen LogP contribution in [0.3, 0.4) is 0 Å². The molecular weight excluding hydrogens is 260 g/mol. The Kier molecular flexibility index (Phi) is 4.86. The van der Waals surface area contributed by atoms with Crippen LogP contribution in [-0.2, 0) is 0 Å². The van der Waals surface area contributed by atoms with Gasteiger partial charge in [-0.15, -0.1) is 11.8 Å². The third kappa shape index (κ3) is 4.03. The minimum atomic E-state index is -0.966. The van der Waals surface area contributed by atoms with Crippen molar-refractivity contribution in [2.24, 2.45) is 0 Å². The van der Waals surface area contributed by atoms with Crippen LogP contribution >= 0.6 is 11.8 Å². The minimum absolute atomic E-state index is 0.201. The van der Waals surface area contributed by atoms with Gasteiger partial charge in [-0.1, -0.05) is 30.3 Å². The molecule has 0 aliphatic heterocycles. The van der Waals surface area contributed by atoms with Crippen LogP contribution in [0.1, 0.15) is 10.4 Å². The summed E-state index contributed by atoms with van der Waals surface area (Å²) in [7, 11) is 0. The van der Waals surface area contributed by atoms with Crippen molar-refractivity contribution in [3.8, 4) is 5.75 Å². The Bertz CT molecular complexity index is 540. The standard InChI is InChI=1S/C15H14O3S/c16-15(17)13-8-4-5-9-14(13)18-10-11-19-12-6-2-1-3-7-12/h1-9H,10-11H2,(H,16,17).